The van der Waals surface area contributed by atoms with Crippen molar-refractivity contribution in [2.45, 2.75) is 26.9 Å². The molecule has 1 amide bonds. The van der Waals surface area contributed by atoms with E-state index in [-0.39, 0.29) is 11.5 Å². The Kier molecular flexibility index (Phi) is 5.36. The Morgan fingerprint density at radius 2 is 1.75 bits per heavy atom. The number of rotatable bonds is 5. The van der Waals surface area contributed by atoms with Crippen LogP contribution in [0.4, 0.5) is 5.69 Å². The fourth-order valence-electron chi connectivity index (χ4n) is 1.80. The van der Waals surface area contributed by atoms with Crippen molar-refractivity contribution in [3.63, 3.8) is 0 Å². The number of carbonyl (C=O) groups excluding carboxylic acids is 3. The van der Waals surface area contributed by atoms with E-state index in [1.807, 2.05) is 0 Å². The van der Waals surface area contributed by atoms with Crippen LogP contribution in [0, 0.1) is 6.92 Å². The molecule has 0 aliphatic rings. The van der Waals surface area contributed by atoms with Crippen LogP contribution in [0.3, 0.4) is 0 Å². The second-order valence-electron chi connectivity index (χ2n) is 5.21. The third-order valence-electron chi connectivity index (χ3n) is 3.20. The second kappa shape index (κ2) is 7.45. The number of Topliss-reactive ketones (excluding diaryl/α,β-unsaturated/α-hetero) is 1. The maximum atomic E-state index is 12.1. The lowest BCUT2D eigenvalue weighted by Crippen LogP contribution is -2.30. The average Bonchev–Trinajstić information content (AvgIpc) is 2.55. The Hall–Kier alpha value is -3.09. The van der Waals surface area contributed by atoms with Gasteiger partial charge in [0.25, 0.3) is 5.91 Å². The van der Waals surface area contributed by atoms with Crippen LogP contribution >= 0.6 is 0 Å². The quantitative estimate of drug-likeness (QED) is 0.667. The first-order chi connectivity index (χ1) is 11.4. The van der Waals surface area contributed by atoms with Crippen LogP contribution < -0.4 is 5.32 Å². The predicted octanol–water partition coefficient (Wildman–Crippen LogP) is 2.17. The number of aryl methyl sites for hydroxylation is 1. The highest BCUT2D eigenvalue weighted by Gasteiger charge is 2.20. The lowest BCUT2D eigenvalue weighted by molar-refractivity contribution is -0.123. The van der Waals surface area contributed by atoms with Gasteiger partial charge in [0.1, 0.15) is 0 Å². The van der Waals surface area contributed by atoms with Crippen molar-refractivity contribution in [3.8, 4) is 0 Å². The van der Waals surface area contributed by atoms with Crippen LogP contribution in [0.15, 0.2) is 36.7 Å². The molecule has 0 unspecified atom stereocenters. The monoisotopic (exact) mass is 327 g/mol. The highest BCUT2D eigenvalue weighted by Crippen LogP contribution is 2.11. The molecule has 2 rings (SSSR count). The van der Waals surface area contributed by atoms with E-state index in [4.69, 9.17) is 4.74 Å². The number of nitrogens with one attached hydrogen (secondary N) is 1. The molecular formula is C17H17N3O4. The van der Waals surface area contributed by atoms with Gasteiger partial charge in [-0.05, 0) is 45.0 Å². The lowest BCUT2D eigenvalue weighted by Gasteiger charge is -2.13. The van der Waals surface area contributed by atoms with Crippen molar-refractivity contribution in [2.75, 3.05) is 5.32 Å². The summed E-state index contributed by atoms with van der Waals surface area (Å²) >= 11 is 0. The number of nitrogens with zero attached hydrogens (tertiary/aromatic N) is 2. The molecule has 0 bridgehead atoms. The van der Waals surface area contributed by atoms with Gasteiger partial charge in [0, 0.05) is 17.4 Å². The van der Waals surface area contributed by atoms with Gasteiger partial charge < -0.3 is 10.1 Å². The molecule has 0 aliphatic carbocycles. The largest absolute Gasteiger partial charge is 0.448 e. The number of aromatic nitrogens is 2. The molecule has 1 atom stereocenters. The molecule has 7 nitrogen and oxygen atoms in total. The Morgan fingerprint density at radius 1 is 1.08 bits per heavy atom. The van der Waals surface area contributed by atoms with E-state index in [1.54, 1.807) is 31.2 Å². The molecule has 2 aromatic rings. The SMILES string of the molecule is CC(=O)c1ccc(NC(=O)[C@H](C)OC(=O)c2cnc(C)cn2)cc1. The number of carbonyl (C=O) groups is 3. The van der Waals surface area contributed by atoms with Gasteiger partial charge in [0.2, 0.25) is 0 Å². The highest BCUT2D eigenvalue weighted by atomic mass is 16.5. The summed E-state index contributed by atoms with van der Waals surface area (Å²) in [5.74, 6) is -1.27. The van der Waals surface area contributed by atoms with E-state index in [9.17, 15) is 14.4 Å². The van der Waals surface area contributed by atoms with E-state index >= 15 is 0 Å². The van der Waals surface area contributed by atoms with Gasteiger partial charge in [0.05, 0.1) is 11.9 Å². The van der Waals surface area contributed by atoms with E-state index in [1.165, 1.54) is 26.2 Å². The van der Waals surface area contributed by atoms with Crippen molar-refractivity contribution in [1.82, 2.24) is 9.97 Å². The Bertz CT molecular complexity index is 754. The molecule has 0 fully saturated rings. The number of esters is 1. The Balaban J connectivity index is 1.95. The lowest BCUT2D eigenvalue weighted by atomic mass is 10.1. The minimum Gasteiger partial charge on any atom is -0.448 e. The molecule has 7 heteroatoms. The van der Waals surface area contributed by atoms with Crippen LogP contribution in [0.5, 0.6) is 0 Å². The standard InChI is InChI=1S/C17H17N3O4/c1-10-8-19-15(9-18-10)17(23)24-12(3)16(22)20-14-6-4-13(5-7-14)11(2)21/h4-9,12H,1-3H3,(H,20,22)/t12-/m0/s1. The highest BCUT2D eigenvalue weighted by molar-refractivity contribution is 5.98. The number of hydrogen-bond acceptors (Lipinski definition) is 6. The first kappa shape index (κ1) is 17.3. The Morgan fingerprint density at radius 3 is 2.29 bits per heavy atom. The second-order valence-corrected chi connectivity index (χ2v) is 5.21. The van der Waals surface area contributed by atoms with Gasteiger partial charge >= 0.3 is 5.97 Å². The number of benzene rings is 1. The minimum absolute atomic E-state index is 0.0334. The van der Waals surface area contributed by atoms with Crippen LogP contribution in [0.2, 0.25) is 0 Å². The van der Waals surface area contributed by atoms with E-state index < -0.39 is 18.0 Å². The molecule has 1 aromatic heterocycles. The predicted molar refractivity (Wildman–Crippen MR) is 86.7 cm³/mol. The average molecular weight is 327 g/mol. The molecular weight excluding hydrogens is 310 g/mol. The van der Waals surface area contributed by atoms with Crippen molar-refractivity contribution < 1.29 is 19.1 Å². The zero-order valence-electron chi connectivity index (χ0n) is 13.6. The molecule has 0 aliphatic heterocycles. The first-order valence-electron chi connectivity index (χ1n) is 7.28. The number of hydrogen-bond donors (Lipinski definition) is 1. The van der Waals surface area contributed by atoms with Crippen molar-refractivity contribution >= 4 is 23.3 Å². The van der Waals surface area contributed by atoms with Crippen LogP contribution in [0.25, 0.3) is 0 Å². The summed E-state index contributed by atoms with van der Waals surface area (Å²) in [6, 6.07) is 6.43. The van der Waals surface area contributed by atoms with Gasteiger partial charge in [-0.1, -0.05) is 0 Å². The van der Waals surface area contributed by atoms with Crippen LogP contribution in [-0.4, -0.2) is 33.7 Å². The summed E-state index contributed by atoms with van der Waals surface area (Å²) in [4.78, 5) is 43.0. The zero-order valence-corrected chi connectivity index (χ0v) is 13.6. The number of ether oxygens (including phenoxy) is 1. The molecule has 124 valence electrons. The summed E-state index contributed by atoms with van der Waals surface area (Å²) in [7, 11) is 0. The molecule has 1 heterocycles. The molecule has 0 saturated carbocycles. The Labute approximate surface area is 139 Å². The summed E-state index contributed by atoms with van der Waals surface area (Å²) in [6.07, 6.45) is 1.73. The van der Waals surface area contributed by atoms with Crippen molar-refractivity contribution in [2.24, 2.45) is 0 Å². The topological polar surface area (TPSA) is 98.2 Å². The number of ketones is 1. The van der Waals surface area contributed by atoms with Crippen molar-refractivity contribution in [1.29, 1.82) is 0 Å². The summed E-state index contributed by atoms with van der Waals surface area (Å²) in [5, 5.41) is 2.61. The van der Waals surface area contributed by atoms with Crippen LogP contribution in [-0.2, 0) is 9.53 Å². The summed E-state index contributed by atoms with van der Waals surface area (Å²) < 4.78 is 5.06. The molecule has 24 heavy (non-hydrogen) atoms. The molecule has 1 aromatic carbocycles. The third kappa shape index (κ3) is 4.45. The van der Waals surface area contributed by atoms with Gasteiger partial charge in [0.15, 0.2) is 17.6 Å². The molecule has 0 spiro atoms. The van der Waals surface area contributed by atoms with Crippen LogP contribution in [0.1, 0.15) is 40.4 Å². The summed E-state index contributed by atoms with van der Waals surface area (Å²) in [5.41, 5.74) is 1.76. The van der Waals surface area contributed by atoms with Gasteiger partial charge in [-0.2, -0.15) is 0 Å². The van der Waals surface area contributed by atoms with Gasteiger partial charge in [-0.3, -0.25) is 14.6 Å². The van der Waals surface area contributed by atoms with Gasteiger partial charge in [-0.15, -0.1) is 0 Å². The fraction of sp³-hybridized carbons (Fsp3) is 0.235. The molecule has 0 saturated heterocycles. The van der Waals surface area contributed by atoms with E-state index in [0.29, 0.717) is 16.9 Å². The van der Waals surface area contributed by atoms with Crippen molar-refractivity contribution in [3.05, 3.63) is 53.6 Å². The van der Waals surface area contributed by atoms with E-state index in [0.717, 1.165) is 0 Å². The minimum atomic E-state index is -1.01. The zero-order chi connectivity index (χ0) is 17.7. The third-order valence-corrected chi connectivity index (χ3v) is 3.20. The fourth-order valence-corrected chi connectivity index (χ4v) is 1.80. The first-order valence-corrected chi connectivity index (χ1v) is 7.28. The van der Waals surface area contributed by atoms with Gasteiger partial charge in [-0.25, -0.2) is 9.78 Å². The number of amides is 1. The van der Waals surface area contributed by atoms with E-state index in [2.05, 4.69) is 15.3 Å². The normalized spacial score (nSPS) is 11.5. The maximum Gasteiger partial charge on any atom is 0.359 e. The molecule has 0 radical (unpaired) electrons. The molecule has 1 N–H and O–H groups in total. The maximum absolute atomic E-state index is 12.1. The number of anilines is 1. The smallest absolute Gasteiger partial charge is 0.359 e. The summed E-state index contributed by atoms with van der Waals surface area (Å²) in [6.45, 7) is 4.66.